The summed E-state index contributed by atoms with van der Waals surface area (Å²) >= 11 is 0. The smallest absolute Gasteiger partial charge is 0.294 e. The predicted octanol–water partition coefficient (Wildman–Crippen LogP) is 2.37. The number of rotatable bonds is 6. The van der Waals surface area contributed by atoms with E-state index in [9.17, 15) is 14.9 Å². The lowest BCUT2D eigenvalue weighted by atomic mass is 10.1. The average molecular weight is 371 g/mol. The molecule has 0 saturated carbocycles. The number of methoxy groups -OCH3 is 1. The zero-order valence-corrected chi connectivity index (χ0v) is 15.0. The van der Waals surface area contributed by atoms with Gasteiger partial charge in [-0.25, -0.2) is 0 Å². The van der Waals surface area contributed by atoms with Crippen LogP contribution in [0.2, 0.25) is 0 Å². The van der Waals surface area contributed by atoms with Crippen LogP contribution in [-0.2, 0) is 11.4 Å². The van der Waals surface area contributed by atoms with E-state index in [4.69, 9.17) is 4.74 Å². The van der Waals surface area contributed by atoms with Crippen molar-refractivity contribution in [2.24, 2.45) is 0 Å². The Morgan fingerprint density at radius 2 is 1.81 bits per heavy atom. The summed E-state index contributed by atoms with van der Waals surface area (Å²) in [6.45, 7) is 2.53. The Labute approximate surface area is 157 Å². The minimum absolute atomic E-state index is 0.0765. The normalized spacial score (nSPS) is 14.0. The first-order valence-electron chi connectivity index (χ1n) is 8.61. The van der Waals surface area contributed by atoms with Crippen LogP contribution in [0.3, 0.4) is 0 Å². The van der Waals surface area contributed by atoms with Crippen molar-refractivity contribution in [3.8, 4) is 5.75 Å². The number of carbonyl (C=O) groups excluding carboxylic acids is 1. The molecule has 0 spiro atoms. The summed E-state index contributed by atoms with van der Waals surface area (Å²) in [5, 5.41) is 9.48. The maximum absolute atomic E-state index is 12.7. The van der Waals surface area contributed by atoms with Gasteiger partial charge in [-0.05, 0) is 42.0 Å². The fourth-order valence-electron chi connectivity index (χ4n) is 3.06. The number of ether oxygens (including phenoxy) is 1. The lowest BCUT2D eigenvalue weighted by Crippen LogP contribution is -2.48. The van der Waals surface area contributed by atoms with E-state index in [1.807, 2.05) is 24.3 Å². The van der Waals surface area contributed by atoms with Gasteiger partial charge in [0.15, 0.2) is 0 Å². The van der Waals surface area contributed by atoms with Gasteiger partial charge < -0.3 is 19.4 Å². The molecule has 8 nitrogen and oxygen atoms in total. The van der Waals surface area contributed by atoms with Crippen LogP contribution < -0.4 is 9.64 Å². The lowest BCUT2D eigenvalue weighted by Gasteiger charge is -2.36. The number of carbonyl (C=O) groups is 1. The highest BCUT2D eigenvalue weighted by Crippen LogP contribution is 2.21. The van der Waals surface area contributed by atoms with Crippen LogP contribution in [0.4, 0.5) is 5.69 Å². The van der Waals surface area contributed by atoms with Crippen LogP contribution in [0, 0.1) is 10.1 Å². The summed E-state index contributed by atoms with van der Waals surface area (Å²) in [4.78, 5) is 31.4. The molecule has 0 bridgehead atoms. The highest BCUT2D eigenvalue weighted by molar-refractivity contribution is 5.94. The molecule has 1 aliphatic rings. The number of nitrogens with zero attached hydrogens (tertiary/aromatic N) is 3. The van der Waals surface area contributed by atoms with Crippen molar-refractivity contribution < 1.29 is 19.5 Å². The first-order chi connectivity index (χ1) is 13.1. The second kappa shape index (κ2) is 8.39. The van der Waals surface area contributed by atoms with Crippen molar-refractivity contribution in [2.45, 2.75) is 6.61 Å². The van der Waals surface area contributed by atoms with E-state index in [-0.39, 0.29) is 12.5 Å². The minimum Gasteiger partial charge on any atom is -0.497 e. The Morgan fingerprint density at radius 3 is 2.44 bits per heavy atom. The first kappa shape index (κ1) is 18.5. The Kier molecular flexibility index (Phi) is 5.75. The summed E-state index contributed by atoms with van der Waals surface area (Å²) < 4.78 is 5.18. The highest BCUT2D eigenvalue weighted by atomic mass is 16.9. The molecule has 0 atom stereocenters. The average Bonchev–Trinajstić information content (AvgIpc) is 2.72. The molecule has 1 fully saturated rings. The van der Waals surface area contributed by atoms with Crippen LogP contribution in [0.5, 0.6) is 5.75 Å². The molecule has 0 aliphatic carbocycles. The number of piperazine rings is 1. The number of hydrogen-bond acceptors (Lipinski definition) is 6. The topological polar surface area (TPSA) is 85.2 Å². The van der Waals surface area contributed by atoms with Gasteiger partial charge in [-0.3, -0.25) is 4.79 Å². The van der Waals surface area contributed by atoms with E-state index < -0.39 is 5.09 Å². The molecule has 3 rings (SSSR count). The van der Waals surface area contributed by atoms with Crippen LogP contribution in [0.15, 0.2) is 48.5 Å². The molecule has 2 aromatic rings. The standard InChI is InChI=1S/C19H21N3O5/c1-26-18-7-5-17(6-8-18)20-9-11-21(12-10-20)19(23)16-4-2-3-15(13-16)14-27-22(24)25/h2-8,13H,9-12,14H2,1H3. The number of anilines is 1. The molecule has 2 aromatic carbocycles. The van der Waals surface area contributed by atoms with Gasteiger partial charge in [-0.2, -0.15) is 0 Å². The van der Waals surface area contributed by atoms with Crippen LogP contribution >= 0.6 is 0 Å². The van der Waals surface area contributed by atoms with Crippen molar-refractivity contribution in [3.63, 3.8) is 0 Å². The van der Waals surface area contributed by atoms with Gasteiger partial charge in [0.05, 0.1) is 7.11 Å². The molecular weight excluding hydrogens is 350 g/mol. The summed E-state index contributed by atoms with van der Waals surface area (Å²) in [5.74, 6) is 0.737. The molecule has 0 radical (unpaired) electrons. The van der Waals surface area contributed by atoms with E-state index in [1.54, 1.807) is 36.3 Å². The van der Waals surface area contributed by atoms with E-state index in [1.165, 1.54) is 0 Å². The minimum atomic E-state index is -0.840. The zero-order valence-electron chi connectivity index (χ0n) is 15.0. The molecule has 0 unspecified atom stereocenters. The Morgan fingerprint density at radius 1 is 1.11 bits per heavy atom. The van der Waals surface area contributed by atoms with E-state index in [0.29, 0.717) is 24.2 Å². The van der Waals surface area contributed by atoms with Gasteiger partial charge in [0.25, 0.3) is 11.0 Å². The molecule has 1 amide bonds. The van der Waals surface area contributed by atoms with Gasteiger partial charge in [0, 0.05) is 37.4 Å². The summed E-state index contributed by atoms with van der Waals surface area (Å²) in [6, 6.07) is 14.6. The lowest BCUT2D eigenvalue weighted by molar-refractivity contribution is -0.763. The molecule has 0 N–H and O–H groups in total. The van der Waals surface area contributed by atoms with Crippen molar-refractivity contribution in [3.05, 3.63) is 69.8 Å². The number of amides is 1. The molecule has 8 heteroatoms. The van der Waals surface area contributed by atoms with Crippen molar-refractivity contribution in [1.29, 1.82) is 0 Å². The molecule has 1 aliphatic heterocycles. The number of benzene rings is 2. The molecule has 1 saturated heterocycles. The summed E-state index contributed by atoms with van der Waals surface area (Å²) in [5.41, 5.74) is 2.20. The van der Waals surface area contributed by atoms with Gasteiger partial charge in [-0.15, -0.1) is 10.1 Å². The molecule has 1 heterocycles. The van der Waals surface area contributed by atoms with Gasteiger partial charge >= 0.3 is 0 Å². The third-order valence-electron chi connectivity index (χ3n) is 4.52. The van der Waals surface area contributed by atoms with Crippen molar-refractivity contribution >= 4 is 11.6 Å². The van der Waals surface area contributed by atoms with Gasteiger partial charge in [0.2, 0.25) is 0 Å². The second-order valence-electron chi connectivity index (χ2n) is 6.17. The van der Waals surface area contributed by atoms with E-state index >= 15 is 0 Å². The third kappa shape index (κ3) is 4.66. The van der Waals surface area contributed by atoms with Crippen LogP contribution in [0.1, 0.15) is 15.9 Å². The largest absolute Gasteiger partial charge is 0.497 e. The summed E-state index contributed by atoms with van der Waals surface area (Å²) in [7, 11) is 1.64. The number of hydrogen-bond donors (Lipinski definition) is 0. The quantitative estimate of drug-likeness (QED) is 0.572. The molecular formula is C19H21N3O5. The van der Waals surface area contributed by atoms with Gasteiger partial charge in [-0.1, -0.05) is 12.1 Å². The highest BCUT2D eigenvalue weighted by Gasteiger charge is 2.22. The van der Waals surface area contributed by atoms with E-state index in [0.717, 1.165) is 24.5 Å². The third-order valence-corrected chi connectivity index (χ3v) is 4.52. The second-order valence-corrected chi connectivity index (χ2v) is 6.17. The Hall–Kier alpha value is -3.29. The maximum atomic E-state index is 12.7. The first-order valence-corrected chi connectivity index (χ1v) is 8.61. The summed E-state index contributed by atoms with van der Waals surface area (Å²) in [6.07, 6.45) is 0. The monoisotopic (exact) mass is 371 g/mol. The molecule has 27 heavy (non-hydrogen) atoms. The van der Waals surface area contributed by atoms with Crippen LogP contribution in [-0.4, -0.2) is 49.2 Å². The Bertz CT molecular complexity index is 801. The predicted molar refractivity (Wildman–Crippen MR) is 99.3 cm³/mol. The maximum Gasteiger partial charge on any atom is 0.294 e. The van der Waals surface area contributed by atoms with Crippen LogP contribution in [0.25, 0.3) is 0 Å². The fourth-order valence-corrected chi connectivity index (χ4v) is 3.06. The molecule has 0 aromatic heterocycles. The van der Waals surface area contributed by atoms with Crippen molar-refractivity contribution in [1.82, 2.24) is 4.90 Å². The Balaban J connectivity index is 1.59. The molecule has 142 valence electrons. The zero-order chi connectivity index (χ0) is 19.2. The SMILES string of the molecule is COc1ccc(N2CCN(C(=O)c3cccc(CO[N+](=O)[O-])c3)CC2)cc1. The van der Waals surface area contributed by atoms with E-state index in [2.05, 4.69) is 9.74 Å². The van der Waals surface area contributed by atoms with Crippen molar-refractivity contribution in [2.75, 3.05) is 38.2 Å². The van der Waals surface area contributed by atoms with Gasteiger partial charge in [0.1, 0.15) is 12.4 Å². The fraction of sp³-hybridized carbons (Fsp3) is 0.316.